The first-order valence-corrected chi connectivity index (χ1v) is 16.4. The smallest absolute Gasteiger partial charge is 0.222 e. The zero-order valence-corrected chi connectivity index (χ0v) is 26.8. The number of hydrogen-bond donors (Lipinski definition) is 0. The van der Waals surface area contributed by atoms with Crippen LogP contribution in [0.4, 0.5) is 0 Å². The number of hydrogen-bond acceptors (Lipinski definition) is 8. The highest BCUT2D eigenvalue weighted by atomic mass is 16.7. The van der Waals surface area contributed by atoms with Crippen LogP contribution in [0.15, 0.2) is 91.0 Å². The van der Waals surface area contributed by atoms with Crippen LogP contribution in [0.25, 0.3) is 0 Å². The molecular formula is C39H40O8. The van der Waals surface area contributed by atoms with Crippen LogP contribution in [-0.2, 0) is 53.9 Å². The summed E-state index contributed by atoms with van der Waals surface area (Å²) in [5.74, 6) is -1.26. The highest BCUT2D eigenvalue weighted by Crippen LogP contribution is 2.52. The van der Waals surface area contributed by atoms with Gasteiger partial charge in [-0.3, -0.25) is 9.59 Å². The van der Waals surface area contributed by atoms with Crippen molar-refractivity contribution in [3.8, 4) is 5.75 Å². The molecule has 3 aromatic carbocycles. The fourth-order valence-corrected chi connectivity index (χ4v) is 7.27. The predicted molar refractivity (Wildman–Crippen MR) is 174 cm³/mol. The van der Waals surface area contributed by atoms with Crippen LogP contribution in [0, 0.1) is 0 Å². The van der Waals surface area contributed by atoms with E-state index in [0.29, 0.717) is 48.5 Å². The van der Waals surface area contributed by atoms with Gasteiger partial charge in [0.05, 0.1) is 43.7 Å². The molecule has 2 saturated heterocycles. The van der Waals surface area contributed by atoms with Crippen LogP contribution in [0.1, 0.15) is 71.0 Å². The van der Waals surface area contributed by atoms with E-state index >= 15 is 0 Å². The summed E-state index contributed by atoms with van der Waals surface area (Å²) in [6.07, 6.45) is 2.47. The van der Waals surface area contributed by atoms with Crippen LogP contribution in [-0.4, -0.2) is 49.2 Å². The van der Waals surface area contributed by atoms with E-state index in [2.05, 4.69) is 6.58 Å². The molecule has 0 saturated carbocycles. The number of benzene rings is 3. The summed E-state index contributed by atoms with van der Waals surface area (Å²) in [6, 6.07) is 21.6. The lowest BCUT2D eigenvalue weighted by Gasteiger charge is -2.43. The van der Waals surface area contributed by atoms with Gasteiger partial charge in [0, 0.05) is 23.1 Å². The molecule has 1 spiro atoms. The monoisotopic (exact) mass is 636 g/mol. The van der Waals surface area contributed by atoms with Gasteiger partial charge >= 0.3 is 0 Å². The van der Waals surface area contributed by atoms with Crippen molar-refractivity contribution in [2.75, 3.05) is 13.2 Å². The lowest BCUT2D eigenvalue weighted by atomic mass is 9.77. The number of allylic oxidation sites excluding steroid dienone is 1. The summed E-state index contributed by atoms with van der Waals surface area (Å²) in [4.78, 5) is 27.6. The molecule has 3 unspecified atom stereocenters. The van der Waals surface area contributed by atoms with Crippen LogP contribution in [0.5, 0.6) is 5.75 Å². The van der Waals surface area contributed by atoms with Crippen LogP contribution in [0.2, 0.25) is 0 Å². The van der Waals surface area contributed by atoms with Gasteiger partial charge < -0.3 is 28.4 Å². The van der Waals surface area contributed by atoms with E-state index in [1.807, 2.05) is 79.7 Å². The average molecular weight is 637 g/mol. The number of carbonyl (C=O) groups excluding carboxylic acids is 2. The maximum Gasteiger partial charge on any atom is 0.222 e. The third kappa shape index (κ3) is 6.01. The Morgan fingerprint density at radius 1 is 0.915 bits per heavy atom. The number of ketones is 2. The molecule has 0 bridgehead atoms. The molecule has 3 aliphatic heterocycles. The molecule has 244 valence electrons. The molecule has 8 nitrogen and oxygen atoms in total. The quantitative estimate of drug-likeness (QED) is 0.246. The predicted octanol–water partition coefficient (Wildman–Crippen LogP) is 6.50. The Morgan fingerprint density at radius 3 is 2.28 bits per heavy atom. The minimum Gasteiger partial charge on any atom is -0.488 e. The lowest BCUT2D eigenvalue weighted by molar-refractivity contribution is -0.175. The Kier molecular flexibility index (Phi) is 8.96. The zero-order valence-electron chi connectivity index (χ0n) is 26.8. The number of Topliss-reactive ketones (excluding diaryl/α,β-unsaturated/α-hetero) is 1. The molecule has 5 atom stereocenters. The van der Waals surface area contributed by atoms with Gasteiger partial charge in [0.1, 0.15) is 24.6 Å². The van der Waals surface area contributed by atoms with Gasteiger partial charge in [-0.05, 0) is 55.5 Å². The summed E-state index contributed by atoms with van der Waals surface area (Å²) < 4.78 is 38.5. The summed E-state index contributed by atoms with van der Waals surface area (Å²) in [6.45, 7) is 8.86. The largest absolute Gasteiger partial charge is 0.488 e. The number of rotatable bonds is 9. The Hall–Kier alpha value is -3.92. The van der Waals surface area contributed by atoms with Crippen LogP contribution >= 0.6 is 0 Å². The second-order valence-electron chi connectivity index (χ2n) is 12.6. The van der Waals surface area contributed by atoms with Gasteiger partial charge in [-0.1, -0.05) is 66.7 Å². The van der Waals surface area contributed by atoms with Crippen molar-refractivity contribution in [1.82, 2.24) is 0 Å². The molecule has 7 rings (SSSR count). The lowest BCUT2D eigenvalue weighted by Crippen LogP contribution is -2.50. The molecule has 0 amide bonds. The van der Waals surface area contributed by atoms with Gasteiger partial charge in [-0.15, -0.1) is 6.58 Å². The van der Waals surface area contributed by atoms with Crippen LogP contribution < -0.4 is 4.74 Å². The Labute approximate surface area is 275 Å². The molecule has 3 heterocycles. The van der Waals surface area contributed by atoms with Gasteiger partial charge in [0.15, 0.2) is 11.6 Å². The number of fused-ring (bicyclic) bond motifs is 3. The molecule has 2 fully saturated rings. The van der Waals surface area contributed by atoms with E-state index in [0.717, 1.165) is 22.3 Å². The van der Waals surface area contributed by atoms with E-state index in [1.54, 1.807) is 13.0 Å². The van der Waals surface area contributed by atoms with Crippen molar-refractivity contribution in [3.63, 3.8) is 0 Å². The SMILES string of the molecule is C=CC[C@H]1Cc2cc3c(c(OCc4ccccc4)c2[C@H](C)O1)C(=O)C=C(C1CC(OCc2ccccc2)C(=O)C(C)O1)C31OCCO1. The standard InChI is InChI=1S/C39H40O8/c1-4-11-29-18-28-19-31-36(38(35(28)24(2)46-29)43-23-27-14-9-6-10-15-27)32(40)20-30(39(31)44-16-17-45-39)33-21-34(37(41)25(3)47-33)42-22-26-12-7-5-8-13-26/h4-10,12-15,19-20,24-25,29,33-34H,1,11,16-18,21-23H2,2-3H3/t24-,25?,29-,33?,34?/m0/s1. The molecule has 1 aliphatic carbocycles. The molecule has 4 aliphatic rings. The van der Waals surface area contributed by atoms with Gasteiger partial charge in [-0.2, -0.15) is 0 Å². The first kappa shape index (κ1) is 31.7. The van der Waals surface area contributed by atoms with Crippen molar-refractivity contribution >= 4 is 11.6 Å². The number of carbonyl (C=O) groups is 2. The van der Waals surface area contributed by atoms with Gasteiger partial charge in [-0.25, -0.2) is 0 Å². The third-order valence-electron chi connectivity index (χ3n) is 9.43. The maximum absolute atomic E-state index is 14.3. The van der Waals surface area contributed by atoms with E-state index in [4.69, 9.17) is 28.4 Å². The molecule has 0 N–H and O–H groups in total. The van der Waals surface area contributed by atoms with Crippen LogP contribution in [0.3, 0.4) is 0 Å². The molecule has 3 aromatic rings. The fraction of sp³-hybridized carbons (Fsp3) is 0.385. The summed E-state index contributed by atoms with van der Waals surface area (Å²) in [7, 11) is 0. The maximum atomic E-state index is 14.3. The fourth-order valence-electron chi connectivity index (χ4n) is 7.27. The Balaban J connectivity index is 1.29. The molecule has 8 heteroatoms. The third-order valence-corrected chi connectivity index (χ3v) is 9.43. The topological polar surface area (TPSA) is 89.5 Å². The highest BCUT2D eigenvalue weighted by Gasteiger charge is 2.54. The average Bonchev–Trinajstić information content (AvgIpc) is 3.57. The van der Waals surface area contributed by atoms with E-state index in [-0.39, 0.29) is 43.4 Å². The summed E-state index contributed by atoms with van der Waals surface area (Å²) in [5, 5.41) is 0. The molecular weight excluding hydrogens is 596 g/mol. The molecule has 0 aromatic heterocycles. The molecule has 47 heavy (non-hydrogen) atoms. The minimum absolute atomic E-state index is 0.0678. The van der Waals surface area contributed by atoms with Gasteiger partial charge in [0.2, 0.25) is 5.79 Å². The number of ether oxygens (including phenoxy) is 6. The van der Waals surface area contributed by atoms with Crippen molar-refractivity contribution in [3.05, 3.63) is 124 Å². The second-order valence-corrected chi connectivity index (χ2v) is 12.6. The van der Waals surface area contributed by atoms with Crippen molar-refractivity contribution in [2.45, 2.75) is 82.6 Å². The first-order chi connectivity index (χ1) is 22.9. The normalized spacial score (nSPS) is 26.4. The zero-order chi connectivity index (χ0) is 32.5. The van der Waals surface area contributed by atoms with E-state index < -0.39 is 24.1 Å². The summed E-state index contributed by atoms with van der Waals surface area (Å²) >= 11 is 0. The van der Waals surface area contributed by atoms with E-state index in [9.17, 15) is 9.59 Å². The minimum atomic E-state index is -1.38. The Morgan fingerprint density at radius 2 is 1.60 bits per heavy atom. The van der Waals surface area contributed by atoms with E-state index in [1.165, 1.54) is 0 Å². The Bertz CT molecular complexity index is 1670. The highest BCUT2D eigenvalue weighted by molar-refractivity contribution is 6.10. The van der Waals surface area contributed by atoms with Crippen molar-refractivity contribution in [1.29, 1.82) is 0 Å². The second kappa shape index (κ2) is 13.3. The molecule has 0 radical (unpaired) electrons. The van der Waals surface area contributed by atoms with Crippen molar-refractivity contribution in [2.24, 2.45) is 0 Å². The van der Waals surface area contributed by atoms with Gasteiger partial charge in [0.25, 0.3) is 0 Å². The van der Waals surface area contributed by atoms with Crippen molar-refractivity contribution < 1.29 is 38.0 Å². The first-order valence-electron chi connectivity index (χ1n) is 16.4. The summed E-state index contributed by atoms with van der Waals surface area (Å²) in [5.41, 5.74) is 5.36.